The second-order valence-corrected chi connectivity index (χ2v) is 5.39. The molecule has 0 aliphatic rings. The second kappa shape index (κ2) is 5.91. The monoisotopic (exact) mass is 325 g/mol. The normalized spacial score (nSPS) is 11.2. The predicted octanol–water partition coefficient (Wildman–Crippen LogP) is 4.89. The van der Waals surface area contributed by atoms with E-state index in [0.29, 0.717) is 22.8 Å². The highest BCUT2D eigenvalue weighted by atomic mass is 35.5. The first-order valence-corrected chi connectivity index (χ1v) is 7.27. The third-order valence-electron chi connectivity index (χ3n) is 3.05. The lowest BCUT2D eigenvalue weighted by Crippen LogP contribution is -2.01. The van der Waals surface area contributed by atoms with Crippen LogP contribution in [0.1, 0.15) is 17.6 Å². The molecular formula is C14H10ClF2N3S. The lowest BCUT2D eigenvalue weighted by molar-refractivity contribution is 0.151. The minimum Gasteiger partial charge on any atom is -0.378 e. The Morgan fingerprint density at radius 3 is 2.86 bits per heavy atom. The maximum Gasteiger partial charge on any atom is 0.263 e. The van der Waals surface area contributed by atoms with Crippen molar-refractivity contribution < 1.29 is 8.78 Å². The van der Waals surface area contributed by atoms with Gasteiger partial charge in [-0.15, -0.1) is 0 Å². The molecule has 1 heterocycles. The molecule has 0 atom stereocenters. The summed E-state index contributed by atoms with van der Waals surface area (Å²) in [7, 11) is 0. The summed E-state index contributed by atoms with van der Waals surface area (Å²) in [6.07, 6.45) is -2.47. The van der Waals surface area contributed by atoms with E-state index in [4.69, 9.17) is 11.6 Å². The summed E-state index contributed by atoms with van der Waals surface area (Å²) in [5.41, 5.74) is 2.88. The number of rotatable bonds is 4. The van der Waals surface area contributed by atoms with E-state index in [-0.39, 0.29) is 5.56 Å². The molecule has 0 saturated heterocycles. The number of alkyl halides is 2. The number of nitrogens with one attached hydrogen (secondary N) is 1. The standard InChI is InChI=1S/C14H10ClF2N3S/c15-10-4-5-11-13(20-21-19-11)12(10)18-7-8-2-1-3-9(6-8)14(16)17/h1-6,14,18H,7H2. The smallest absolute Gasteiger partial charge is 0.263 e. The zero-order valence-electron chi connectivity index (χ0n) is 10.7. The van der Waals surface area contributed by atoms with E-state index in [1.54, 1.807) is 24.3 Å². The van der Waals surface area contributed by atoms with Gasteiger partial charge in [0.05, 0.1) is 22.4 Å². The minimum absolute atomic E-state index is 0.00827. The highest BCUT2D eigenvalue weighted by Gasteiger charge is 2.11. The molecule has 7 heteroatoms. The SMILES string of the molecule is FC(F)c1cccc(CNc2c(Cl)ccc3nsnc23)c1. The fourth-order valence-corrected chi connectivity index (χ4v) is 2.79. The fraction of sp³-hybridized carbons (Fsp3) is 0.143. The zero-order valence-corrected chi connectivity index (χ0v) is 12.3. The Balaban J connectivity index is 1.85. The molecule has 0 unspecified atom stereocenters. The Hall–Kier alpha value is -1.79. The molecule has 0 saturated carbocycles. The van der Waals surface area contributed by atoms with Crippen LogP contribution in [0.25, 0.3) is 11.0 Å². The van der Waals surface area contributed by atoms with Crippen molar-refractivity contribution in [3.05, 3.63) is 52.5 Å². The highest BCUT2D eigenvalue weighted by Crippen LogP contribution is 2.30. The fourth-order valence-electron chi connectivity index (χ4n) is 2.02. The van der Waals surface area contributed by atoms with Gasteiger partial charge in [-0.05, 0) is 23.8 Å². The Bertz CT molecular complexity index is 776. The molecule has 3 nitrogen and oxygen atoms in total. The number of halogens is 3. The highest BCUT2D eigenvalue weighted by molar-refractivity contribution is 7.00. The van der Waals surface area contributed by atoms with Crippen LogP contribution < -0.4 is 5.32 Å². The Morgan fingerprint density at radius 1 is 1.19 bits per heavy atom. The first-order valence-electron chi connectivity index (χ1n) is 6.17. The molecule has 0 fully saturated rings. The van der Waals surface area contributed by atoms with Crippen LogP contribution in [0.4, 0.5) is 14.5 Å². The number of fused-ring (bicyclic) bond motifs is 1. The summed E-state index contributed by atoms with van der Waals surface area (Å²) in [6.45, 7) is 0.386. The first-order chi connectivity index (χ1) is 10.1. The van der Waals surface area contributed by atoms with Gasteiger partial charge >= 0.3 is 0 Å². The Kier molecular flexibility index (Phi) is 3.98. The average molecular weight is 326 g/mol. The molecule has 0 bridgehead atoms. The molecule has 0 aliphatic heterocycles. The third-order valence-corrected chi connectivity index (χ3v) is 3.91. The Morgan fingerprint density at radius 2 is 2.05 bits per heavy atom. The van der Waals surface area contributed by atoms with Crippen molar-refractivity contribution in [3.8, 4) is 0 Å². The van der Waals surface area contributed by atoms with E-state index in [9.17, 15) is 8.78 Å². The average Bonchev–Trinajstić information content (AvgIpc) is 2.95. The number of hydrogen-bond donors (Lipinski definition) is 1. The van der Waals surface area contributed by atoms with Gasteiger partial charge in [-0.2, -0.15) is 8.75 Å². The van der Waals surface area contributed by atoms with Crippen molar-refractivity contribution in [2.24, 2.45) is 0 Å². The molecule has 21 heavy (non-hydrogen) atoms. The summed E-state index contributed by atoms with van der Waals surface area (Å²) in [4.78, 5) is 0. The number of anilines is 1. The van der Waals surface area contributed by atoms with E-state index in [1.807, 2.05) is 0 Å². The molecule has 2 aromatic carbocycles. The lowest BCUT2D eigenvalue weighted by atomic mass is 10.1. The van der Waals surface area contributed by atoms with Crippen LogP contribution in [0.5, 0.6) is 0 Å². The summed E-state index contributed by atoms with van der Waals surface area (Å²) < 4.78 is 33.7. The number of benzene rings is 2. The first kappa shape index (κ1) is 14.2. The van der Waals surface area contributed by atoms with E-state index in [0.717, 1.165) is 22.8 Å². The van der Waals surface area contributed by atoms with Crippen LogP contribution in [0.3, 0.4) is 0 Å². The molecule has 0 spiro atoms. The van der Waals surface area contributed by atoms with Gasteiger partial charge in [0, 0.05) is 12.1 Å². The van der Waals surface area contributed by atoms with E-state index in [1.165, 1.54) is 12.1 Å². The van der Waals surface area contributed by atoms with Crippen LogP contribution in [0, 0.1) is 0 Å². The van der Waals surface area contributed by atoms with E-state index < -0.39 is 6.43 Å². The van der Waals surface area contributed by atoms with E-state index >= 15 is 0 Å². The van der Waals surface area contributed by atoms with Crippen molar-refractivity contribution in [1.82, 2.24) is 8.75 Å². The Labute approximate surface area is 128 Å². The van der Waals surface area contributed by atoms with Crippen molar-refractivity contribution >= 4 is 40.0 Å². The maximum atomic E-state index is 12.7. The molecule has 0 amide bonds. The number of nitrogens with zero attached hydrogens (tertiary/aromatic N) is 2. The van der Waals surface area contributed by atoms with Gasteiger partial charge in [0.25, 0.3) is 6.43 Å². The molecular weight excluding hydrogens is 316 g/mol. The number of hydrogen-bond acceptors (Lipinski definition) is 4. The molecule has 3 rings (SSSR count). The predicted molar refractivity (Wildman–Crippen MR) is 81.2 cm³/mol. The molecule has 3 aromatic rings. The summed E-state index contributed by atoms with van der Waals surface area (Å²) in [5.74, 6) is 0. The van der Waals surface area contributed by atoms with Gasteiger partial charge in [-0.25, -0.2) is 8.78 Å². The van der Waals surface area contributed by atoms with Crippen molar-refractivity contribution in [1.29, 1.82) is 0 Å². The minimum atomic E-state index is -2.47. The zero-order chi connectivity index (χ0) is 14.8. The van der Waals surface area contributed by atoms with Crippen molar-refractivity contribution in [2.45, 2.75) is 13.0 Å². The van der Waals surface area contributed by atoms with Gasteiger partial charge in [0.1, 0.15) is 11.0 Å². The van der Waals surface area contributed by atoms with Gasteiger partial charge in [0.15, 0.2) is 0 Å². The van der Waals surface area contributed by atoms with Crippen LogP contribution in [0.15, 0.2) is 36.4 Å². The molecule has 0 radical (unpaired) electrons. The number of aromatic nitrogens is 2. The van der Waals surface area contributed by atoms with E-state index in [2.05, 4.69) is 14.1 Å². The van der Waals surface area contributed by atoms with Crippen LogP contribution in [0.2, 0.25) is 5.02 Å². The summed E-state index contributed by atoms with van der Waals surface area (Å²) in [5, 5.41) is 3.68. The van der Waals surface area contributed by atoms with Crippen molar-refractivity contribution in [3.63, 3.8) is 0 Å². The van der Waals surface area contributed by atoms with Crippen LogP contribution in [-0.2, 0) is 6.54 Å². The maximum absolute atomic E-state index is 12.7. The molecule has 0 aliphatic carbocycles. The topological polar surface area (TPSA) is 37.8 Å². The lowest BCUT2D eigenvalue weighted by Gasteiger charge is -2.10. The third kappa shape index (κ3) is 2.96. The van der Waals surface area contributed by atoms with Gasteiger partial charge < -0.3 is 5.32 Å². The van der Waals surface area contributed by atoms with Crippen LogP contribution >= 0.6 is 23.3 Å². The van der Waals surface area contributed by atoms with Crippen molar-refractivity contribution in [2.75, 3.05) is 5.32 Å². The van der Waals surface area contributed by atoms with Gasteiger partial charge in [0.2, 0.25) is 0 Å². The summed E-state index contributed by atoms with van der Waals surface area (Å²) in [6, 6.07) is 9.82. The molecule has 1 N–H and O–H groups in total. The summed E-state index contributed by atoms with van der Waals surface area (Å²) >= 11 is 7.27. The van der Waals surface area contributed by atoms with Gasteiger partial charge in [-0.3, -0.25) is 0 Å². The molecule has 1 aromatic heterocycles. The quantitative estimate of drug-likeness (QED) is 0.741. The van der Waals surface area contributed by atoms with Gasteiger partial charge in [-0.1, -0.05) is 29.8 Å². The second-order valence-electron chi connectivity index (χ2n) is 4.45. The largest absolute Gasteiger partial charge is 0.378 e. The van der Waals surface area contributed by atoms with Crippen LogP contribution in [-0.4, -0.2) is 8.75 Å². The molecule has 108 valence electrons.